The van der Waals surface area contributed by atoms with Crippen LogP contribution in [0.5, 0.6) is 5.75 Å². The first kappa shape index (κ1) is 20.9. The van der Waals surface area contributed by atoms with Gasteiger partial charge in [-0.15, -0.1) is 0 Å². The summed E-state index contributed by atoms with van der Waals surface area (Å²) in [7, 11) is 0. The smallest absolute Gasteiger partial charge is 0.293 e. The van der Waals surface area contributed by atoms with E-state index in [1.165, 1.54) is 18.3 Å². The Hall–Kier alpha value is -2.84. The van der Waals surface area contributed by atoms with Gasteiger partial charge in [0.25, 0.3) is 11.6 Å². The Morgan fingerprint density at radius 3 is 2.69 bits per heavy atom. The van der Waals surface area contributed by atoms with Crippen molar-refractivity contribution < 1.29 is 14.5 Å². The van der Waals surface area contributed by atoms with Gasteiger partial charge < -0.3 is 9.64 Å². The third-order valence-electron chi connectivity index (χ3n) is 4.30. The predicted octanol–water partition coefficient (Wildman–Crippen LogP) is 4.03. The van der Waals surface area contributed by atoms with Gasteiger partial charge in [0.05, 0.1) is 16.2 Å². The summed E-state index contributed by atoms with van der Waals surface area (Å²) in [6, 6.07) is 9.53. The topological polar surface area (TPSA) is 97.1 Å². The second-order valence-corrected chi connectivity index (χ2v) is 7.20. The lowest BCUT2D eigenvalue weighted by Gasteiger charge is -2.17. The summed E-state index contributed by atoms with van der Waals surface area (Å²) in [6.45, 7) is 1.32. The minimum absolute atomic E-state index is 0.0166. The number of nitrogens with one attached hydrogen (secondary N) is 1. The van der Waals surface area contributed by atoms with Gasteiger partial charge in [-0.1, -0.05) is 29.3 Å². The fraction of sp³-hybridized carbons (Fsp3) is 0.263. The van der Waals surface area contributed by atoms with E-state index in [9.17, 15) is 14.9 Å². The monoisotopic (exact) mass is 436 g/mol. The largest absolute Gasteiger partial charge is 0.482 e. The third kappa shape index (κ3) is 5.58. The fourth-order valence-corrected chi connectivity index (χ4v) is 3.40. The van der Waals surface area contributed by atoms with Gasteiger partial charge in [-0.2, -0.15) is 5.10 Å². The van der Waals surface area contributed by atoms with Crippen LogP contribution in [0.3, 0.4) is 0 Å². The molecule has 1 aliphatic heterocycles. The van der Waals surface area contributed by atoms with E-state index in [2.05, 4.69) is 10.5 Å². The maximum absolute atomic E-state index is 11.9. The minimum Gasteiger partial charge on any atom is -0.482 e. The van der Waals surface area contributed by atoms with Gasteiger partial charge in [-0.25, -0.2) is 5.43 Å². The summed E-state index contributed by atoms with van der Waals surface area (Å²) in [4.78, 5) is 24.9. The number of anilines is 1. The summed E-state index contributed by atoms with van der Waals surface area (Å²) < 4.78 is 5.31. The molecule has 1 heterocycles. The van der Waals surface area contributed by atoms with E-state index < -0.39 is 10.8 Å². The molecule has 2 aromatic carbocycles. The van der Waals surface area contributed by atoms with E-state index in [4.69, 9.17) is 27.9 Å². The van der Waals surface area contributed by atoms with Crippen LogP contribution < -0.4 is 15.1 Å². The van der Waals surface area contributed by atoms with Gasteiger partial charge in [0.2, 0.25) is 0 Å². The molecule has 0 bridgehead atoms. The molecule has 1 fully saturated rings. The summed E-state index contributed by atoms with van der Waals surface area (Å²) in [5.41, 5.74) is 3.42. The average molecular weight is 437 g/mol. The first-order chi connectivity index (χ1) is 13.9. The minimum atomic E-state index is -0.504. The van der Waals surface area contributed by atoms with E-state index in [1.54, 1.807) is 24.3 Å². The van der Waals surface area contributed by atoms with Gasteiger partial charge in [0.1, 0.15) is 11.4 Å². The molecule has 1 aliphatic rings. The highest BCUT2D eigenvalue weighted by atomic mass is 35.5. The number of rotatable bonds is 7. The third-order valence-corrected chi connectivity index (χ3v) is 4.83. The lowest BCUT2D eigenvalue weighted by Crippen LogP contribution is -2.24. The van der Waals surface area contributed by atoms with Crippen LogP contribution in [0.2, 0.25) is 10.0 Å². The van der Waals surface area contributed by atoms with Crippen molar-refractivity contribution in [3.8, 4) is 5.75 Å². The van der Waals surface area contributed by atoms with Crippen LogP contribution in [-0.2, 0) is 4.79 Å². The number of hydrogen-bond acceptors (Lipinski definition) is 6. The molecule has 0 aromatic heterocycles. The van der Waals surface area contributed by atoms with Crippen molar-refractivity contribution in [2.45, 2.75) is 12.8 Å². The first-order valence-corrected chi connectivity index (χ1v) is 9.63. The molecular formula is C19H18Cl2N4O4. The number of benzene rings is 2. The van der Waals surface area contributed by atoms with Crippen LogP contribution in [0.25, 0.3) is 0 Å². The molecule has 0 spiro atoms. The zero-order valence-corrected chi connectivity index (χ0v) is 16.8. The maximum atomic E-state index is 11.9. The molecule has 29 heavy (non-hydrogen) atoms. The maximum Gasteiger partial charge on any atom is 0.293 e. The van der Waals surface area contributed by atoms with Gasteiger partial charge in [-0.05, 0) is 37.1 Å². The lowest BCUT2D eigenvalue weighted by atomic mass is 10.1. The first-order valence-electron chi connectivity index (χ1n) is 8.87. The molecule has 0 saturated carbocycles. The summed E-state index contributed by atoms with van der Waals surface area (Å²) >= 11 is 11.8. The zero-order valence-electron chi connectivity index (χ0n) is 15.3. The van der Waals surface area contributed by atoms with Gasteiger partial charge >= 0.3 is 0 Å². The number of ether oxygens (including phenoxy) is 1. The van der Waals surface area contributed by atoms with Gasteiger partial charge in [-0.3, -0.25) is 14.9 Å². The average Bonchev–Trinajstić information content (AvgIpc) is 3.22. The molecule has 0 aliphatic carbocycles. The SMILES string of the molecule is O=C(COc1ccc(Cl)cc1Cl)N/N=C\c1ccc(N2CCCC2)c([N+](=O)[O-])c1. The molecule has 0 radical (unpaired) electrons. The van der Waals surface area contributed by atoms with Crippen LogP contribution >= 0.6 is 23.2 Å². The number of hydrogen-bond donors (Lipinski definition) is 1. The molecule has 1 amide bonds. The molecule has 8 nitrogen and oxygen atoms in total. The zero-order chi connectivity index (χ0) is 20.8. The Bertz CT molecular complexity index is 946. The van der Waals surface area contributed by atoms with Crippen LogP contribution in [0.15, 0.2) is 41.5 Å². The number of nitro benzene ring substituents is 1. The normalized spacial score (nSPS) is 13.7. The number of carbonyl (C=O) groups excluding carboxylic acids is 1. The van der Waals surface area contributed by atoms with E-state index in [1.807, 2.05) is 4.90 Å². The van der Waals surface area contributed by atoms with E-state index >= 15 is 0 Å². The molecule has 1 N–H and O–H groups in total. The molecule has 10 heteroatoms. The Kier molecular flexibility index (Phi) is 6.90. The van der Waals surface area contributed by atoms with E-state index in [0.29, 0.717) is 27.0 Å². The Morgan fingerprint density at radius 2 is 2.00 bits per heavy atom. The number of halogens is 2. The summed E-state index contributed by atoms with van der Waals surface area (Å²) in [5, 5.41) is 16.0. The van der Waals surface area contributed by atoms with Crippen molar-refractivity contribution in [2.75, 3.05) is 24.6 Å². The van der Waals surface area contributed by atoms with Crippen LogP contribution in [0.1, 0.15) is 18.4 Å². The molecule has 0 unspecified atom stereocenters. The number of nitro groups is 1. The lowest BCUT2D eigenvalue weighted by molar-refractivity contribution is -0.384. The Balaban J connectivity index is 1.58. The second kappa shape index (κ2) is 9.58. The van der Waals surface area contributed by atoms with E-state index in [-0.39, 0.29) is 12.3 Å². The fourth-order valence-electron chi connectivity index (χ4n) is 2.94. The van der Waals surface area contributed by atoms with Gasteiger partial charge in [0.15, 0.2) is 6.61 Å². The van der Waals surface area contributed by atoms with E-state index in [0.717, 1.165) is 25.9 Å². The summed E-state index contributed by atoms with van der Waals surface area (Å²) in [6.07, 6.45) is 3.39. The van der Waals surface area contributed by atoms with Gasteiger partial charge in [0, 0.05) is 29.7 Å². The number of nitrogens with zero attached hydrogens (tertiary/aromatic N) is 3. The summed E-state index contributed by atoms with van der Waals surface area (Å²) in [5.74, 6) is -0.182. The standard InChI is InChI=1S/C19H18Cl2N4O4/c20-14-4-6-18(15(21)10-14)29-12-19(26)23-22-11-13-3-5-16(17(9-13)25(27)28)24-7-1-2-8-24/h3-6,9-11H,1-2,7-8,12H2,(H,23,26)/b22-11-. The highest BCUT2D eigenvalue weighted by Gasteiger charge is 2.22. The molecular weight excluding hydrogens is 419 g/mol. The van der Waals surface area contributed by atoms with Crippen LogP contribution in [0, 0.1) is 10.1 Å². The van der Waals surface area contributed by atoms with Crippen molar-refractivity contribution in [3.63, 3.8) is 0 Å². The Labute approximate surface area is 177 Å². The number of amides is 1. The van der Waals surface area contributed by atoms with Crippen molar-refractivity contribution >= 4 is 46.7 Å². The number of hydrazone groups is 1. The Morgan fingerprint density at radius 1 is 1.24 bits per heavy atom. The van der Waals surface area contributed by atoms with Crippen molar-refractivity contribution in [2.24, 2.45) is 5.10 Å². The molecule has 3 rings (SSSR count). The second-order valence-electron chi connectivity index (χ2n) is 6.36. The van der Waals surface area contributed by atoms with Crippen molar-refractivity contribution in [1.29, 1.82) is 0 Å². The van der Waals surface area contributed by atoms with Crippen molar-refractivity contribution in [3.05, 3.63) is 62.1 Å². The highest BCUT2D eigenvalue weighted by molar-refractivity contribution is 6.35. The quantitative estimate of drug-likeness (QED) is 0.401. The van der Waals surface area contributed by atoms with Crippen LogP contribution in [0.4, 0.5) is 11.4 Å². The number of carbonyl (C=O) groups is 1. The molecule has 1 saturated heterocycles. The van der Waals surface area contributed by atoms with Crippen molar-refractivity contribution in [1.82, 2.24) is 5.43 Å². The molecule has 2 aromatic rings. The molecule has 0 atom stereocenters. The predicted molar refractivity (Wildman–Crippen MR) is 112 cm³/mol. The molecule has 152 valence electrons. The van der Waals surface area contributed by atoms with Crippen LogP contribution in [-0.4, -0.2) is 36.7 Å². The highest BCUT2D eigenvalue weighted by Crippen LogP contribution is 2.31.